The number of aromatic nitrogens is 2. The Kier molecular flexibility index (Phi) is 4.81. The molecule has 2 rings (SSSR count). The first kappa shape index (κ1) is 16.0. The number of nitrogens with one attached hydrogen (secondary N) is 2. The second-order valence-electron chi connectivity index (χ2n) is 4.68. The van der Waals surface area contributed by atoms with Gasteiger partial charge in [-0.2, -0.15) is 0 Å². The highest BCUT2D eigenvalue weighted by Crippen LogP contribution is 2.21. The smallest absolute Gasteiger partial charge is 0.313 e. The van der Waals surface area contributed by atoms with Crippen LogP contribution in [0.4, 0.5) is 5.69 Å². The molecule has 0 atom stereocenters. The summed E-state index contributed by atoms with van der Waals surface area (Å²) in [7, 11) is -3.33. The fourth-order valence-electron chi connectivity index (χ4n) is 1.91. The minimum absolute atomic E-state index is 0.0646. The molecule has 0 radical (unpaired) electrons. The van der Waals surface area contributed by atoms with Gasteiger partial charge in [-0.3, -0.25) is 9.52 Å². The molecule has 118 valence electrons. The minimum Gasteiger partial charge on any atom is -0.466 e. The van der Waals surface area contributed by atoms with Gasteiger partial charge in [0.15, 0.2) is 0 Å². The summed E-state index contributed by atoms with van der Waals surface area (Å²) < 4.78 is 29.8. The Morgan fingerprint density at radius 1 is 1.41 bits per heavy atom. The number of esters is 1. The van der Waals surface area contributed by atoms with Crippen LogP contribution in [0.25, 0.3) is 11.3 Å². The van der Waals surface area contributed by atoms with Gasteiger partial charge >= 0.3 is 5.97 Å². The number of aromatic amines is 1. The van der Waals surface area contributed by atoms with E-state index in [1.807, 2.05) is 6.07 Å². The van der Waals surface area contributed by atoms with Crippen LogP contribution >= 0.6 is 0 Å². The van der Waals surface area contributed by atoms with Crippen LogP contribution in [0.3, 0.4) is 0 Å². The van der Waals surface area contributed by atoms with E-state index in [0.717, 1.165) is 11.8 Å². The van der Waals surface area contributed by atoms with E-state index < -0.39 is 10.0 Å². The van der Waals surface area contributed by atoms with E-state index in [9.17, 15) is 13.2 Å². The van der Waals surface area contributed by atoms with E-state index in [-0.39, 0.29) is 12.4 Å². The summed E-state index contributed by atoms with van der Waals surface area (Å²) in [5.41, 5.74) is 1.91. The lowest BCUT2D eigenvalue weighted by molar-refractivity contribution is -0.142. The number of carbonyl (C=O) groups excluding carboxylic acids is 1. The molecular weight excluding hydrogens is 306 g/mol. The van der Waals surface area contributed by atoms with Gasteiger partial charge in [0.1, 0.15) is 12.2 Å². The van der Waals surface area contributed by atoms with Crippen molar-refractivity contribution in [3.05, 3.63) is 36.3 Å². The molecule has 0 aliphatic rings. The van der Waals surface area contributed by atoms with E-state index in [4.69, 9.17) is 4.74 Å². The topological polar surface area (TPSA) is 101 Å². The molecule has 1 aromatic carbocycles. The summed E-state index contributed by atoms with van der Waals surface area (Å²) in [6.07, 6.45) is 2.75. The standard InChI is InChI=1S/C14H17N3O4S/c1-3-21-14(18)8-13-15-9-12(16-13)10-5-4-6-11(7-10)17-22(2,19)20/h4-7,9,17H,3,8H2,1-2H3,(H,15,16). The summed E-state index contributed by atoms with van der Waals surface area (Å²) in [6, 6.07) is 6.88. The predicted octanol–water partition coefficient (Wildman–Crippen LogP) is 1.55. The Hall–Kier alpha value is -2.35. The number of sulfonamides is 1. The zero-order valence-corrected chi connectivity index (χ0v) is 13.1. The van der Waals surface area contributed by atoms with Gasteiger partial charge in [-0.15, -0.1) is 0 Å². The Bertz CT molecular complexity index is 768. The normalized spacial score (nSPS) is 11.2. The summed E-state index contributed by atoms with van der Waals surface area (Å²) in [6.45, 7) is 2.07. The number of hydrogen-bond donors (Lipinski definition) is 2. The largest absolute Gasteiger partial charge is 0.466 e. The molecular formula is C14H17N3O4S. The fourth-order valence-corrected chi connectivity index (χ4v) is 2.47. The van der Waals surface area contributed by atoms with Gasteiger partial charge in [0.25, 0.3) is 0 Å². The lowest BCUT2D eigenvalue weighted by atomic mass is 10.1. The highest BCUT2D eigenvalue weighted by molar-refractivity contribution is 7.92. The molecule has 0 amide bonds. The van der Waals surface area contributed by atoms with Crippen LogP contribution in [0.15, 0.2) is 30.5 Å². The van der Waals surface area contributed by atoms with Gasteiger partial charge in [0.2, 0.25) is 10.0 Å². The first-order valence-corrected chi connectivity index (χ1v) is 8.54. The quantitative estimate of drug-likeness (QED) is 0.786. The van der Waals surface area contributed by atoms with Crippen LogP contribution < -0.4 is 4.72 Å². The molecule has 0 saturated carbocycles. The maximum Gasteiger partial charge on any atom is 0.313 e. The van der Waals surface area contributed by atoms with Crippen molar-refractivity contribution in [3.8, 4) is 11.3 Å². The third-order valence-corrected chi connectivity index (χ3v) is 3.33. The Morgan fingerprint density at radius 3 is 2.86 bits per heavy atom. The van der Waals surface area contributed by atoms with Crippen molar-refractivity contribution < 1.29 is 17.9 Å². The first-order chi connectivity index (χ1) is 10.4. The number of ether oxygens (including phenoxy) is 1. The molecule has 0 fully saturated rings. The molecule has 1 heterocycles. The van der Waals surface area contributed by atoms with Crippen molar-refractivity contribution in [1.82, 2.24) is 9.97 Å². The molecule has 22 heavy (non-hydrogen) atoms. The molecule has 0 aliphatic heterocycles. The lowest BCUT2D eigenvalue weighted by Gasteiger charge is -2.05. The van der Waals surface area contributed by atoms with Gasteiger partial charge in [-0.1, -0.05) is 12.1 Å². The highest BCUT2D eigenvalue weighted by Gasteiger charge is 2.10. The number of nitrogens with zero attached hydrogens (tertiary/aromatic N) is 1. The molecule has 0 aliphatic carbocycles. The van der Waals surface area contributed by atoms with Crippen LogP contribution in [0.1, 0.15) is 12.7 Å². The van der Waals surface area contributed by atoms with Crippen molar-refractivity contribution in [2.75, 3.05) is 17.6 Å². The molecule has 1 aromatic heterocycles. The van der Waals surface area contributed by atoms with Crippen molar-refractivity contribution in [2.45, 2.75) is 13.3 Å². The van der Waals surface area contributed by atoms with Crippen molar-refractivity contribution in [2.24, 2.45) is 0 Å². The molecule has 7 nitrogen and oxygen atoms in total. The monoisotopic (exact) mass is 323 g/mol. The van der Waals surface area contributed by atoms with Crippen LogP contribution in [0.2, 0.25) is 0 Å². The fraction of sp³-hybridized carbons (Fsp3) is 0.286. The third kappa shape index (κ3) is 4.59. The average molecular weight is 323 g/mol. The van der Waals surface area contributed by atoms with Gasteiger partial charge in [-0.25, -0.2) is 13.4 Å². The van der Waals surface area contributed by atoms with E-state index in [1.54, 1.807) is 31.3 Å². The molecule has 2 aromatic rings. The van der Waals surface area contributed by atoms with Crippen molar-refractivity contribution in [3.63, 3.8) is 0 Å². The third-order valence-electron chi connectivity index (χ3n) is 2.72. The van der Waals surface area contributed by atoms with Crippen LogP contribution in [0, 0.1) is 0 Å². The zero-order chi connectivity index (χ0) is 16.2. The van der Waals surface area contributed by atoms with Crippen molar-refractivity contribution in [1.29, 1.82) is 0 Å². The highest BCUT2D eigenvalue weighted by atomic mass is 32.2. The van der Waals surface area contributed by atoms with Gasteiger partial charge < -0.3 is 9.72 Å². The summed E-state index contributed by atoms with van der Waals surface area (Å²) in [5.74, 6) is 0.144. The Morgan fingerprint density at radius 2 is 2.18 bits per heavy atom. The van der Waals surface area contributed by atoms with Gasteiger partial charge in [0, 0.05) is 11.3 Å². The average Bonchev–Trinajstić information content (AvgIpc) is 2.85. The molecule has 0 unspecified atom stereocenters. The minimum atomic E-state index is -3.33. The summed E-state index contributed by atoms with van der Waals surface area (Å²) >= 11 is 0. The Balaban J connectivity index is 2.17. The van der Waals surface area contributed by atoms with E-state index in [0.29, 0.717) is 23.8 Å². The number of benzene rings is 1. The number of carbonyl (C=O) groups is 1. The Labute approximate surface area is 128 Å². The van der Waals surface area contributed by atoms with Crippen molar-refractivity contribution >= 4 is 21.7 Å². The predicted molar refractivity (Wildman–Crippen MR) is 82.8 cm³/mol. The van der Waals surface area contributed by atoms with E-state index in [1.165, 1.54) is 0 Å². The second-order valence-corrected chi connectivity index (χ2v) is 6.43. The van der Waals surface area contributed by atoms with Crippen LogP contribution in [-0.4, -0.2) is 37.2 Å². The molecule has 0 bridgehead atoms. The van der Waals surface area contributed by atoms with E-state index >= 15 is 0 Å². The number of H-pyrrole nitrogens is 1. The van der Waals surface area contributed by atoms with Crippen LogP contribution in [0.5, 0.6) is 0 Å². The summed E-state index contributed by atoms with van der Waals surface area (Å²) in [5, 5.41) is 0. The lowest BCUT2D eigenvalue weighted by Crippen LogP contribution is -2.09. The van der Waals surface area contributed by atoms with Gasteiger partial charge in [-0.05, 0) is 19.1 Å². The molecule has 0 saturated heterocycles. The molecule has 8 heteroatoms. The SMILES string of the molecule is CCOC(=O)Cc1ncc(-c2cccc(NS(C)(=O)=O)c2)[nH]1. The summed E-state index contributed by atoms with van der Waals surface area (Å²) in [4.78, 5) is 18.6. The maximum atomic E-state index is 11.4. The number of anilines is 1. The second kappa shape index (κ2) is 6.61. The van der Waals surface area contributed by atoms with Crippen LogP contribution in [-0.2, 0) is 26.0 Å². The zero-order valence-electron chi connectivity index (χ0n) is 12.3. The number of rotatable bonds is 6. The maximum absolute atomic E-state index is 11.4. The molecule has 0 spiro atoms. The molecule has 2 N–H and O–H groups in total. The first-order valence-electron chi connectivity index (χ1n) is 6.65. The van der Waals surface area contributed by atoms with E-state index in [2.05, 4.69) is 14.7 Å². The van der Waals surface area contributed by atoms with Gasteiger partial charge in [0.05, 0.1) is 24.8 Å². The number of hydrogen-bond acceptors (Lipinski definition) is 5. The number of imidazole rings is 1.